The van der Waals surface area contributed by atoms with Crippen LogP contribution in [-0.2, 0) is 0 Å². The Bertz CT molecular complexity index is 265. The van der Waals surface area contributed by atoms with Crippen LogP contribution < -0.4 is 22.9 Å². The summed E-state index contributed by atoms with van der Waals surface area (Å²) in [7, 11) is 0. The lowest BCUT2D eigenvalue weighted by Gasteiger charge is -1.98. The lowest BCUT2D eigenvalue weighted by atomic mass is 10.6. The van der Waals surface area contributed by atoms with E-state index in [-0.39, 0.29) is 0 Å². The van der Waals surface area contributed by atoms with Crippen LogP contribution in [-0.4, -0.2) is 18.2 Å². The van der Waals surface area contributed by atoms with Gasteiger partial charge in [-0.05, 0) is 0 Å². The fourth-order valence-corrected chi connectivity index (χ4v) is 0.107. The highest BCUT2D eigenvalue weighted by Crippen LogP contribution is 2.29. The topological polar surface area (TPSA) is 138 Å². The van der Waals surface area contributed by atoms with E-state index in [4.69, 9.17) is 9.59 Å². The van der Waals surface area contributed by atoms with E-state index in [2.05, 4.69) is 22.9 Å². The van der Waals surface area contributed by atoms with E-state index in [1.165, 1.54) is 0 Å². The van der Waals surface area contributed by atoms with Crippen LogP contribution in [0.1, 0.15) is 0 Å². The van der Waals surface area contributed by atoms with E-state index in [9.17, 15) is 26.3 Å². The number of hydrogen-bond donors (Lipinski definition) is 4. The third kappa shape index (κ3) is 31.6. The molecule has 0 aliphatic heterocycles. The molecule has 12 heteroatoms. The number of alkyl halides is 3. The minimum absolute atomic E-state index is 0.833. The van der Waals surface area contributed by atoms with Crippen molar-refractivity contribution in [2.45, 2.75) is 6.18 Å². The van der Waals surface area contributed by atoms with Crippen LogP contribution in [0.25, 0.3) is 0 Å². The fraction of sp³-hybridized carbons (Fsp3) is 0.200. The molecule has 0 spiro atoms. The second-order valence-electron chi connectivity index (χ2n) is 1.88. The first-order valence-electron chi connectivity index (χ1n) is 3.20. The van der Waals surface area contributed by atoms with E-state index >= 15 is 0 Å². The molecule has 0 aromatic carbocycles. The van der Waals surface area contributed by atoms with Gasteiger partial charge < -0.3 is 22.9 Å². The molecule has 0 aromatic rings. The summed E-state index contributed by atoms with van der Waals surface area (Å²) >= 11 is 0. The van der Waals surface area contributed by atoms with Crippen LogP contribution in [0.5, 0.6) is 0 Å². The number of carbonyl (C=O) groups is 2. The number of hydrogen-bond acceptors (Lipinski definition) is 2. The molecule has 6 nitrogen and oxygen atoms in total. The lowest BCUT2D eigenvalue weighted by molar-refractivity contribution is -0.113. The zero-order valence-corrected chi connectivity index (χ0v) is 7.89. The molecule has 0 bridgehead atoms. The Balaban J connectivity index is -0.000000205. The molecule has 0 aromatic heterocycles. The number of primary amides is 4. The Morgan fingerprint density at radius 2 is 0.941 bits per heavy atom. The van der Waals surface area contributed by atoms with Gasteiger partial charge in [0.05, 0.1) is 0 Å². The van der Waals surface area contributed by atoms with Gasteiger partial charge in [-0.25, -0.2) is 9.59 Å². The average molecular weight is 270 g/mol. The lowest BCUT2D eigenvalue weighted by Crippen LogP contribution is -2.18. The number of amides is 4. The molecule has 0 aliphatic carbocycles. The van der Waals surface area contributed by atoms with E-state index in [1.807, 2.05) is 0 Å². The highest BCUT2D eigenvalue weighted by Gasteiger charge is 2.38. The van der Waals surface area contributed by atoms with E-state index in [0.717, 1.165) is 0 Å². The first-order chi connectivity index (χ1) is 7.32. The molecule has 17 heavy (non-hydrogen) atoms. The number of allylic oxidation sites excluding steroid dienone is 1. The number of urea groups is 2. The zero-order chi connectivity index (χ0) is 14.8. The Morgan fingerprint density at radius 1 is 0.765 bits per heavy atom. The van der Waals surface area contributed by atoms with Gasteiger partial charge >= 0.3 is 24.3 Å². The number of rotatable bonds is 0. The molecule has 0 radical (unpaired) electrons. The molecule has 0 atom stereocenters. The van der Waals surface area contributed by atoms with Crippen molar-refractivity contribution in [1.82, 2.24) is 0 Å². The van der Waals surface area contributed by atoms with Gasteiger partial charge in [-0.15, -0.1) is 0 Å². The van der Waals surface area contributed by atoms with E-state index < -0.39 is 30.1 Å². The summed E-state index contributed by atoms with van der Waals surface area (Å²) in [5.41, 5.74) is 17.0. The number of halogens is 6. The average Bonchev–Trinajstić information content (AvgIpc) is 1.98. The monoisotopic (exact) mass is 270 g/mol. The molecule has 102 valence electrons. The fourth-order valence-electron chi connectivity index (χ4n) is 0.107. The summed E-state index contributed by atoms with van der Waals surface area (Å²) in [6.07, 6.45) is -8.90. The van der Waals surface area contributed by atoms with Crippen molar-refractivity contribution in [3.05, 3.63) is 11.9 Å². The van der Waals surface area contributed by atoms with Crippen LogP contribution in [0.2, 0.25) is 0 Å². The largest absolute Gasteiger partial charge is 0.448 e. The van der Waals surface area contributed by atoms with Gasteiger partial charge in [0.25, 0.3) is 5.83 Å². The van der Waals surface area contributed by atoms with Crippen molar-refractivity contribution in [3.8, 4) is 0 Å². The van der Waals surface area contributed by atoms with E-state index in [0.29, 0.717) is 0 Å². The number of nitrogens with two attached hydrogens (primary N) is 4. The van der Waals surface area contributed by atoms with Gasteiger partial charge in [-0.1, -0.05) is 0 Å². The summed E-state index contributed by atoms with van der Waals surface area (Å²) in [6, 6.07) is -1.67. The minimum Gasteiger partial charge on any atom is -0.352 e. The van der Waals surface area contributed by atoms with Gasteiger partial charge in [-0.3, -0.25) is 0 Å². The number of carbonyl (C=O) groups excluding carboxylic acids is 2. The molecule has 8 N–H and O–H groups in total. The highest BCUT2D eigenvalue weighted by molar-refractivity contribution is 5.69. The predicted octanol–water partition coefficient (Wildman–Crippen LogP) is 0.674. The van der Waals surface area contributed by atoms with Crippen molar-refractivity contribution in [1.29, 1.82) is 0 Å². The van der Waals surface area contributed by atoms with Crippen LogP contribution in [0.3, 0.4) is 0 Å². The van der Waals surface area contributed by atoms with Crippen molar-refractivity contribution < 1.29 is 35.9 Å². The summed E-state index contributed by atoms with van der Waals surface area (Å²) < 4.78 is 64.8. The molecule has 0 heterocycles. The van der Waals surface area contributed by atoms with Gasteiger partial charge in [-0.2, -0.15) is 26.3 Å². The minimum atomic E-state index is -5.56. The van der Waals surface area contributed by atoms with Crippen molar-refractivity contribution in [2.24, 2.45) is 22.9 Å². The summed E-state index contributed by atoms with van der Waals surface area (Å²) in [5.74, 6) is -3.33. The Labute approximate surface area is 90.2 Å². The molecular weight excluding hydrogens is 262 g/mol. The molecule has 0 aliphatic rings. The third-order valence-corrected chi connectivity index (χ3v) is 0.415. The van der Waals surface area contributed by atoms with Crippen LogP contribution in [0.15, 0.2) is 11.9 Å². The van der Waals surface area contributed by atoms with Crippen LogP contribution in [0.4, 0.5) is 35.9 Å². The Hall–Kier alpha value is -2.14. The molecule has 0 saturated carbocycles. The highest BCUT2D eigenvalue weighted by atomic mass is 19.4. The second-order valence-corrected chi connectivity index (χ2v) is 1.88. The Kier molecular flexibility index (Phi) is 10.9. The van der Waals surface area contributed by atoms with Crippen LogP contribution >= 0.6 is 0 Å². The molecular formula is C5H8F6N4O2. The normalized spacial score (nSPS) is 8.82. The maximum Gasteiger partial charge on any atom is 0.448 e. The molecule has 0 saturated heterocycles. The van der Waals surface area contributed by atoms with Crippen LogP contribution in [0, 0.1) is 0 Å². The maximum atomic E-state index is 11.0. The van der Waals surface area contributed by atoms with Gasteiger partial charge in [0.2, 0.25) is 0 Å². The third-order valence-electron chi connectivity index (χ3n) is 0.415. The molecule has 0 fully saturated rings. The van der Waals surface area contributed by atoms with Gasteiger partial charge in [0.15, 0.2) is 0 Å². The standard InChI is InChI=1S/C3F6.2CH4N2O/c4-1(2(5)6)3(7,8)9;2*2-1(3)4/h;2*(H4,2,3,4). The van der Waals surface area contributed by atoms with Gasteiger partial charge in [0, 0.05) is 0 Å². The Morgan fingerprint density at radius 3 is 0.941 bits per heavy atom. The smallest absolute Gasteiger partial charge is 0.352 e. The summed E-state index contributed by atoms with van der Waals surface area (Å²) in [6.45, 7) is 0. The van der Waals surface area contributed by atoms with E-state index in [1.54, 1.807) is 0 Å². The maximum absolute atomic E-state index is 11.0. The van der Waals surface area contributed by atoms with Crippen molar-refractivity contribution in [2.75, 3.05) is 0 Å². The second kappa shape index (κ2) is 9.11. The summed E-state index contributed by atoms with van der Waals surface area (Å²) in [5, 5.41) is 0. The molecule has 4 amide bonds. The first kappa shape index (κ1) is 20.3. The SMILES string of the molecule is FC(F)=C(F)C(F)(F)F.NC(N)=O.NC(N)=O. The van der Waals surface area contributed by atoms with Crippen molar-refractivity contribution in [3.63, 3.8) is 0 Å². The summed E-state index contributed by atoms with van der Waals surface area (Å²) in [4.78, 5) is 18.0. The zero-order valence-electron chi connectivity index (χ0n) is 7.89. The molecule has 0 unspecified atom stereocenters. The quantitative estimate of drug-likeness (QED) is 0.481. The molecule has 0 rings (SSSR count). The first-order valence-corrected chi connectivity index (χ1v) is 3.20. The predicted molar refractivity (Wildman–Crippen MR) is 43.9 cm³/mol. The van der Waals surface area contributed by atoms with Crippen molar-refractivity contribution >= 4 is 12.1 Å². The van der Waals surface area contributed by atoms with Gasteiger partial charge in [0.1, 0.15) is 0 Å².